The number of carboxylic acids is 1. The van der Waals surface area contributed by atoms with Crippen LogP contribution in [0.4, 0.5) is 8.78 Å². The Bertz CT molecular complexity index is 1340. The van der Waals surface area contributed by atoms with Crippen LogP contribution >= 0.6 is 0 Å². The lowest BCUT2D eigenvalue weighted by molar-refractivity contribution is -0.137. The third kappa shape index (κ3) is 7.00. The second kappa shape index (κ2) is 12.4. The van der Waals surface area contributed by atoms with Crippen molar-refractivity contribution in [1.82, 2.24) is 0 Å². The topological polar surface area (TPSA) is 65.0 Å². The summed E-state index contributed by atoms with van der Waals surface area (Å²) in [5.74, 6) is -1.17. The van der Waals surface area contributed by atoms with Crippen molar-refractivity contribution in [2.24, 2.45) is 11.3 Å². The molecular formula is C33H38F2O5. The van der Waals surface area contributed by atoms with Crippen molar-refractivity contribution < 1.29 is 32.9 Å². The van der Waals surface area contributed by atoms with Crippen molar-refractivity contribution in [2.45, 2.75) is 65.1 Å². The molecule has 2 atom stereocenters. The molecule has 5 nitrogen and oxygen atoms in total. The first-order valence-corrected chi connectivity index (χ1v) is 13.6. The minimum atomic E-state index is -0.942. The number of carbonyl (C=O) groups is 1. The molecule has 0 bridgehead atoms. The molecule has 1 saturated carbocycles. The first-order chi connectivity index (χ1) is 19.0. The van der Waals surface area contributed by atoms with Gasteiger partial charge >= 0.3 is 5.97 Å². The Morgan fingerprint density at radius 3 is 2.38 bits per heavy atom. The number of rotatable bonds is 12. The molecular weight excluding hydrogens is 514 g/mol. The van der Waals surface area contributed by atoms with Gasteiger partial charge in [-0.1, -0.05) is 57.9 Å². The minimum absolute atomic E-state index is 0.0705. The van der Waals surface area contributed by atoms with Crippen LogP contribution in [0.15, 0.2) is 54.6 Å². The smallest absolute Gasteiger partial charge is 0.303 e. The number of hydrogen-bond acceptors (Lipinski definition) is 4. The molecule has 0 amide bonds. The van der Waals surface area contributed by atoms with Gasteiger partial charge in [0.25, 0.3) is 0 Å². The van der Waals surface area contributed by atoms with Crippen molar-refractivity contribution in [3.8, 4) is 22.6 Å². The van der Waals surface area contributed by atoms with Crippen LogP contribution in [-0.4, -0.2) is 25.3 Å². The molecule has 0 radical (unpaired) electrons. The normalized spacial score (nSPS) is 15.0. The highest BCUT2D eigenvalue weighted by Gasteiger charge is 2.31. The van der Waals surface area contributed by atoms with Crippen LogP contribution in [0, 0.1) is 23.0 Å². The van der Waals surface area contributed by atoms with Crippen LogP contribution in [-0.2, 0) is 16.1 Å². The average molecular weight is 553 g/mol. The molecule has 3 aromatic carbocycles. The summed E-state index contributed by atoms with van der Waals surface area (Å²) in [6.45, 7) is 6.21. The summed E-state index contributed by atoms with van der Waals surface area (Å²) in [6, 6.07) is 15.1. The van der Waals surface area contributed by atoms with Gasteiger partial charge in [0.1, 0.15) is 18.2 Å². The summed E-state index contributed by atoms with van der Waals surface area (Å²) in [5.41, 5.74) is 2.68. The summed E-state index contributed by atoms with van der Waals surface area (Å²) in [5, 5.41) is 9.40. The molecule has 3 aromatic rings. The summed E-state index contributed by atoms with van der Waals surface area (Å²) in [6.07, 6.45) is 2.29. The number of carboxylic acid groups (broad SMARTS) is 1. The Hall–Kier alpha value is -3.45. The van der Waals surface area contributed by atoms with E-state index in [1.165, 1.54) is 13.2 Å². The predicted octanol–water partition coefficient (Wildman–Crippen LogP) is 8.31. The van der Waals surface area contributed by atoms with Gasteiger partial charge in [-0.25, -0.2) is 8.78 Å². The molecule has 1 aliphatic carbocycles. The van der Waals surface area contributed by atoms with Gasteiger partial charge in [-0.2, -0.15) is 0 Å². The van der Waals surface area contributed by atoms with E-state index in [9.17, 15) is 9.90 Å². The summed E-state index contributed by atoms with van der Waals surface area (Å²) in [4.78, 5) is 11.5. The zero-order chi connectivity index (χ0) is 29.0. The third-order valence-electron chi connectivity index (χ3n) is 7.45. The average Bonchev–Trinajstić information content (AvgIpc) is 3.72. The van der Waals surface area contributed by atoms with Gasteiger partial charge in [0.05, 0.1) is 19.6 Å². The van der Waals surface area contributed by atoms with E-state index in [4.69, 9.17) is 14.2 Å². The predicted molar refractivity (Wildman–Crippen MR) is 151 cm³/mol. The molecule has 0 spiro atoms. The lowest BCUT2D eigenvalue weighted by Gasteiger charge is -2.32. The molecule has 40 heavy (non-hydrogen) atoms. The highest BCUT2D eigenvalue weighted by molar-refractivity contribution is 5.71. The van der Waals surface area contributed by atoms with Crippen molar-refractivity contribution in [3.63, 3.8) is 0 Å². The Morgan fingerprint density at radius 2 is 1.75 bits per heavy atom. The highest BCUT2D eigenvalue weighted by Crippen LogP contribution is 2.43. The van der Waals surface area contributed by atoms with Gasteiger partial charge in [0.15, 0.2) is 11.6 Å². The molecule has 0 unspecified atom stereocenters. The zero-order valence-electron chi connectivity index (χ0n) is 23.8. The van der Waals surface area contributed by atoms with Crippen molar-refractivity contribution in [3.05, 3.63) is 82.9 Å². The van der Waals surface area contributed by atoms with E-state index in [1.807, 2.05) is 39.0 Å². The number of halogens is 2. The molecule has 214 valence electrons. The van der Waals surface area contributed by atoms with Gasteiger partial charge in [0, 0.05) is 12.7 Å². The van der Waals surface area contributed by atoms with Crippen molar-refractivity contribution in [2.75, 3.05) is 14.2 Å². The standard InChI is InChI=1S/C33H38F2O5/c1-33(2,3)32(39-5)27-16-21(11-13-25(27)26-18-23(38-4)12-14-28(26)34)19-40-29-8-6-7-24(31(29)35)22(17-30(36)37)15-20-9-10-20/h6-8,11-14,16,18,20,22,32H,9-10,15,17,19H2,1-5H3,(H,36,37)/t22-,32-/m1/s1. The Morgan fingerprint density at radius 1 is 1.00 bits per heavy atom. The second-order valence-electron chi connectivity index (χ2n) is 11.7. The Balaban J connectivity index is 1.66. The van der Waals surface area contributed by atoms with E-state index in [0.29, 0.717) is 34.8 Å². The van der Waals surface area contributed by atoms with Gasteiger partial charge in [-0.05, 0) is 76.3 Å². The van der Waals surface area contributed by atoms with Crippen molar-refractivity contribution in [1.29, 1.82) is 0 Å². The van der Waals surface area contributed by atoms with Gasteiger partial charge in [-0.3, -0.25) is 4.79 Å². The molecule has 1 N–H and O–H groups in total. The lowest BCUT2D eigenvalue weighted by atomic mass is 9.81. The van der Waals surface area contributed by atoms with Crippen molar-refractivity contribution >= 4 is 5.97 Å². The molecule has 4 rings (SSSR count). The first kappa shape index (κ1) is 29.5. The number of benzene rings is 3. The summed E-state index contributed by atoms with van der Waals surface area (Å²) >= 11 is 0. The summed E-state index contributed by atoms with van der Waals surface area (Å²) in [7, 11) is 3.16. The van der Waals surface area contributed by atoms with Crippen LogP contribution in [0.5, 0.6) is 11.5 Å². The zero-order valence-corrected chi connectivity index (χ0v) is 23.8. The van der Waals surface area contributed by atoms with Gasteiger partial charge < -0.3 is 19.3 Å². The Kier molecular flexibility index (Phi) is 9.14. The lowest BCUT2D eigenvalue weighted by Crippen LogP contribution is -2.21. The quantitative estimate of drug-likeness (QED) is 0.245. The fraction of sp³-hybridized carbons (Fsp3) is 0.424. The first-order valence-electron chi connectivity index (χ1n) is 13.6. The van der Waals surface area contributed by atoms with Crippen LogP contribution in [0.3, 0.4) is 0 Å². The minimum Gasteiger partial charge on any atom is -0.497 e. The van der Waals surface area contributed by atoms with E-state index in [0.717, 1.165) is 24.0 Å². The second-order valence-corrected chi connectivity index (χ2v) is 11.7. The molecule has 0 heterocycles. The van der Waals surface area contributed by atoms with Crippen LogP contribution in [0.25, 0.3) is 11.1 Å². The fourth-order valence-corrected chi connectivity index (χ4v) is 5.35. The van der Waals surface area contributed by atoms with Crippen LogP contribution < -0.4 is 9.47 Å². The molecule has 0 saturated heterocycles. The highest BCUT2D eigenvalue weighted by atomic mass is 19.1. The number of aliphatic carboxylic acids is 1. The SMILES string of the molecule is COc1ccc(F)c(-c2ccc(COc3cccc([C@@H](CC(=O)O)CC4CC4)c3F)cc2[C@@H](OC)C(C)(C)C)c1. The molecule has 0 aliphatic heterocycles. The summed E-state index contributed by atoms with van der Waals surface area (Å²) < 4.78 is 47.8. The number of methoxy groups -OCH3 is 2. The largest absolute Gasteiger partial charge is 0.497 e. The van der Waals surface area contributed by atoms with E-state index < -0.39 is 17.7 Å². The molecule has 0 aromatic heterocycles. The Labute approximate surface area is 235 Å². The van der Waals surface area contributed by atoms with Crippen LogP contribution in [0.2, 0.25) is 0 Å². The molecule has 7 heteroatoms. The van der Waals surface area contributed by atoms with Gasteiger partial charge in [0.2, 0.25) is 0 Å². The monoisotopic (exact) mass is 552 g/mol. The van der Waals surface area contributed by atoms with Crippen LogP contribution in [0.1, 0.15) is 75.2 Å². The van der Waals surface area contributed by atoms with Gasteiger partial charge in [-0.15, -0.1) is 0 Å². The van der Waals surface area contributed by atoms with E-state index in [1.54, 1.807) is 37.4 Å². The number of ether oxygens (including phenoxy) is 3. The third-order valence-corrected chi connectivity index (χ3v) is 7.45. The maximum Gasteiger partial charge on any atom is 0.303 e. The fourth-order valence-electron chi connectivity index (χ4n) is 5.35. The van der Waals surface area contributed by atoms with E-state index in [-0.39, 0.29) is 36.1 Å². The number of hydrogen-bond donors (Lipinski definition) is 1. The maximum atomic E-state index is 15.6. The molecule has 1 fully saturated rings. The maximum absolute atomic E-state index is 15.6. The molecule has 1 aliphatic rings. The van der Waals surface area contributed by atoms with E-state index in [2.05, 4.69) is 0 Å². The van der Waals surface area contributed by atoms with E-state index >= 15 is 8.78 Å².